The minimum atomic E-state index is 0.729. The molecular formula is C19H28N6S. The van der Waals surface area contributed by atoms with Gasteiger partial charge in [0.25, 0.3) is 0 Å². The molecule has 0 aliphatic carbocycles. The van der Waals surface area contributed by atoms with Crippen molar-refractivity contribution in [2.75, 3.05) is 32.4 Å². The molecule has 140 valence electrons. The maximum Gasteiger partial charge on any atom is 0.193 e. The molecule has 1 N–H and O–H groups in total. The molecule has 1 aromatic heterocycles. The number of guanidine groups is 1. The maximum absolute atomic E-state index is 4.47. The Labute approximate surface area is 160 Å². The van der Waals surface area contributed by atoms with Gasteiger partial charge in [-0.1, -0.05) is 18.2 Å². The molecular weight excluding hydrogens is 344 g/mol. The molecule has 2 heterocycles. The second-order valence-corrected chi connectivity index (χ2v) is 7.70. The topological polar surface area (TPSA) is 58.3 Å². The number of likely N-dealkylation sites (tertiary alicyclic amines) is 1. The van der Waals surface area contributed by atoms with E-state index in [1.807, 2.05) is 23.4 Å². The van der Waals surface area contributed by atoms with Crippen LogP contribution in [0.25, 0.3) is 0 Å². The fraction of sp³-hybridized carbons (Fsp3) is 0.526. The van der Waals surface area contributed by atoms with E-state index in [1.54, 1.807) is 12.7 Å². The van der Waals surface area contributed by atoms with E-state index in [0.29, 0.717) is 0 Å². The van der Waals surface area contributed by atoms with Gasteiger partial charge in [0.1, 0.15) is 12.7 Å². The first-order valence-electron chi connectivity index (χ1n) is 9.31. The van der Waals surface area contributed by atoms with Gasteiger partial charge in [-0.15, -0.1) is 22.0 Å². The first-order chi connectivity index (χ1) is 12.8. The molecule has 0 spiro atoms. The van der Waals surface area contributed by atoms with Gasteiger partial charge in [0.05, 0.1) is 0 Å². The van der Waals surface area contributed by atoms with Crippen molar-refractivity contribution in [3.05, 3.63) is 43.0 Å². The molecule has 1 aromatic carbocycles. The molecule has 6 nitrogen and oxygen atoms in total. The lowest BCUT2D eigenvalue weighted by Crippen LogP contribution is -2.40. The predicted molar refractivity (Wildman–Crippen MR) is 107 cm³/mol. The van der Waals surface area contributed by atoms with Gasteiger partial charge >= 0.3 is 0 Å². The number of benzene rings is 1. The molecule has 3 rings (SSSR count). The van der Waals surface area contributed by atoms with Crippen LogP contribution in [0.2, 0.25) is 0 Å². The summed E-state index contributed by atoms with van der Waals surface area (Å²) in [4.78, 5) is 8.23. The van der Waals surface area contributed by atoms with E-state index in [0.717, 1.165) is 50.9 Å². The summed E-state index contributed by atoms with van der Waals surface area (Å²) in [6.07, 6.45) is 7.00. The van der Waals surface area contributed by atoms with Crippen LogP contribution in [0.4, 0.5) is 0 Å². The molecule has 1 saturated heterocycles. The lowest BCUT2D eigenvalue weighted by molar-refractivity contribution is 0.471. The van der Waals surface area contributed by atoms with Crippen LogP contribution in [0.3, 0.4) is 0 Å². The molecule has 1 aliphatic rings. The van der Waals surface area contributed by atoms with Crippen LogP contribution in [-0.2, 0) is 6.54 Å². The fourth-order valence-corrected chi connectivity index (χ4v) is 4.23. The fourth-order valence-electron chi connectivity index (χ4n) is 3.18. The number of nitrogens with zero attached hydrogens (tertiary/aromatic N) is 5. The first-order valence-corrected chi connectivity index (χ1v) is 10.3. The Bertz CT molecular complexity index is 658. The highest BCUT2D eigenvalue weighted by atomic mass is 32.2. The van der Waals surface area contributed by atoms with Gasteiger partial charge in [-0.05, 0) is 37.3 Å². The molecule has 0 radical (unpaired) electrons. The van der Waals surface area contributed by atoms with E-state index in [9.17, 15) is 0 Å². The summed E-state index contributed by atoms with van der Waals surface area (Å²) in [5, 5.41) is 11.2. The van der Waals surface area contributed by atoms with Gasteiger partial charge < -0.3 is 14.8 Å². The molecule has 0 saturated carbocycles. The van der Waals surface area contributed by atoms with Gasteiger partial charge in [0, 0.05) is 43.9 Å². The lowest BCUT2D eigenvalue weighted by Gasteiger charge is -2.21. The van der Waals surface area contributed by atoms with Crippen LogP contribution in [-0.4, -0.2) is 58.1 Å². The zero-order valence-electron chi connectivity index (χ0n) is 15.4. The summed E-state index contributed by atoms with van der Waals surface area (Å²) >= 11 is 1.96. The zero-order valence-corrected chi connectivity index (χ0v) is 16.2. The first kappa shape index (κ1) is 18.8. The SMILES string of the molecule is CN=C(NCCCCn1cnnc1)N1CCC(CSc2ccccc2)C1. The van der Waals surface area contributed by atoms with Crippen molar-refractivity contribution in [1.82, 2.24) is 25.0 Å². The third-order valence-electron chi connectivity index (χ3n) is 4.62. The Hall–Kier alpha value is -2.02. The highest BCUT2D eigenvalue weighted by Crippen LogP contribution is 2.25. The Morgan fingerprint density at radius 1 is 1.23 bits per heavy atom. The molecule has 26 heavy (non-hydrogen) atoms. The van der Waals surface area contributed by atoms with Gasteiger partial charge in [0.15, 0.2) is 5.96 Å². The number of aromatic nitrogens is 3. The van der Waals surface area contributed by atoms with Crippen LogP contribution in [0.1, 0.15) is 19.3 Å². The molecule has 1 atom stereocenters. The van der Waals surface area contributed by atoms with Crippen LogP contribution >= 0.6 is 11.8 Å². The lowest BCUT2D eigenvalue weighted by atomic mass is 10.2. The molecule has 0 bridgehead atoms. The van der Waals surface area contributed by atoms with Crippen LogP contribution in [0, 0.1) is 5.92 Å². The summed E-state index contributed by atoms with van der Waals surface area (Å²) in [5.41, 5.74) is 0. The standard InChI is InChI=1S/C19H28N6S/c1-20-19(21-10-5-6-11-24-15-22-23-16-24)25-12-9-17(13-25)14-26-18-7-3-2-4-8-18/h2-4,7-8,15-17H,5-6,9-14H2,1H3,(H,20,21). The van der Waals surface area contributed by atoms with Crippen molar-refractivity contribution < 1.29 is 0 Å². The Kier molecular flexibility index (Phi) is 7.37. The number of aryl methyl sites for hydroxylation is 1. The maximum atomic E-state index is 4.47. The van der Waals surface area contributed by atoms with E-state index in [1.165, 1.54) is 17.1 Å². The second kappa shape index (κ2) is 10.2. The number of hydrogen-bond donors (Lipinski definition) is 1. The van der Waals surface area contributed by atoms with E-state index >= 15 is 0 Å². The van der Waals surface area contributed by atoms with E-state index < -0.39 is 0 Å². The van der Waals surface area contributed by atoms with Crippen molar-refractivity contribution in [2.24, 2.45) is 10.9 Å². The summed E-state index contributed by atoms with van der Waals surface area (Å²) in [6, 6.07) is 10.7. The van der Waals surface area contributed by atoms with Crippen LogP contribution < -0.4 is 5.32 Å². The average Bonchev–Trinajstić information content (AvgIpc) is 3.36. The average molecular weight is 373 g/mol. The van der Waals surface area contributed by atoms with Crippen molar-refractivity contribution in [2.45, 2.75) is 30.7 Å². The third kappa shape index (κ3) is 5.76. The number of hydrogen-bond acceptors (Lipinski definition) is 4. The molecule has 1 fully saturated rings. The number of aliphatic imine (C=N–C) groups is 1. The number of unbranched alkanes of at least 4 members (excludes halogenated alkanes) is 1. The quantitative estimate of drug-likeness (QED) is 0.334. The second-order valence-electron chi connectivity index (χ2n) is 6.61. The molecule has 1 unspecified atom stereocenters. The van der Waals surface area contributed by atoms with Gasteiger partial charge in [-0.25, -0.2) is 0 Å². The van der Waals surface area contributed by atoms with Crippen molar-refractivity contribution >= 4 is 17.7 Å². The van der Waals surface area contributed by atoms with Crippen molar-refractivity contribution in [1.29, 1.82) is 0 Å². The minimum absolute atomic E-state index is 0.729. The van der Waals surface area contributed by atoms with Crippen molar-refractivity contribution in [3.63, 3.8) is 0 Å². The number of thioether (sulfide) groups is 1. The molecule has 2 aromatic rings. The highest BCUT2D eigenvalue weighted by molar-refractivity contribution is 7.99. The van der Waals surface area contributed by atoms with E-state index in [4.69, 9.17) is 0 Å². The molecule has 7 heteroatoms. The zero-order chi connectivity index (χ0) is 18.0. The van der Waals surface area contributed by atoms with Crippen LogP contribution in [0.15, 0.2) is 52.9 Å². The number of nitrogens with one attached hydrogen (secondary N) is 1. The third-order valence-corrected chi connectivity index (χ3v) is 5.86. The Morgan fingerprint density at radius 3 is 2.81 bits per heavy atom. The predicted octanol–water partition coefficient (Wildman–Crippen LogP) is 2.75. The summed E-state index contributed by atoms with van der Waals surface area (Å²) in [6.45, 7) is 4.12. The van der Waals surface area contributed by atoms with Gasteiger partial charge in [0.2, 0.25) is 0 Å². The van der Waals surface area contributed by atoms with Gasteiger partial charge in [-0.2, -0.15) is 0 Å². The molecule has 1 aliphatic heterocycles. The minimum Gasteiger partial charge on any atom is -0.356 e. The number of rotatable bonds is 8. The summed E-state index contributed by atoms with van der Waals surface area (Å²) < 4.78 is 2.02. The van der Waals surface area contributed by atoms with Crippen molar-refractivity contribution in [3.8, 4) is 0 Å². The van der Waals surface area contributed by atoms with Gasteiger partial charge in [-0.3, -0.25) is 4.99 Å². The van der Waals surface area contributed by atoms with E-state index in [2.05, 4.69) is 55.7 Å². The largest absolute Gasteiger partial charge is 0.356 e. The highest BCUT2D eigenvalue weighted by Gasteiger charge is 2.24. The monoisotopic (exact) mass is 372 g/mol. The Balaban J connectivity index is 1.33. The smallest absolute Gasteiger partial charge is 0.193 e. The van der Waals surface area contributed by atoms with Crippen LogP contribution in [0.5, 0.6) is 0 Å². The summed E-state index contributed by atoms with van der Waals surface area (Å²) in [5.74, 6) is 2.95. The Morgan fingerprint density at radius 2 is 2.04 bits per heavy atom. The summed E-state index contributed by atoms with van der Waals surface area (Å²) in [7, 11) is 1.88. The molecule has 0 amide bonds. The van der Waals surface area contributed by atoms with E-state index in [-0.39, 0.29) is 0 Å². The normalized spacial score (nSPS) is 17.7.